The van der Waals surface area contributed by atoms with Crippen molar-refractivity contribution in [1.82, 2.24) is 9.55 Å². The molecule has 3 aromatic carbocycles. The number of aromatic nitrogens is 2. The van der Waals surface area contributed by atoms with Crippen LogP contribution in [0.2, 0.25) is 15.1 Å². The molecule has 0 fully saturated rings. The van der Waals surface area contributed by atoms with E-state index in [-0.39, 0.29) is 6.61 Å². The predicted molar refractivity (Wildman–Crippen MR) is 111 cm³/mol. The summed E-state index contributed by atoms with van der Waals surface area (Å²) in [5.41, 5.74) is 3.05. The minimum Gasteiger partial charge on any atom is -0.484 e. The molecule has 0 atom stereocenters. The Kier molecular flexibility index (Phi) is 5.26. The van der Waals surface area contributed by atoms with E-state index in [0.717, 1.165) is 22.4 Å². The summed E-state index contributed by atoms with van der Waals surface area (Å²) in [7, 11) is 0. The van der Waals surface area contributed by atoms with Gasteiger partial charge in [0, 0.05) is 16.6 Å². The molecule has 136 valence electrons. The van der Waals surface area contributed by atoms with E-state index < -0.39 is 0 Å². The Bertz CT molecular complexity index is 1110. The molecule has 0 saturated carbocycles. The van der Waals surface area contributed by atoms with Crippen LogP contribution in [0.25, 0.3) is 11.0 Å². The summed E-state index contributed by atoms with van der Waals surface area (Å²) in [5, 5.41) is 1.75. The first kappa shape index (κ1) is 18.2. The molecular formula is C21H15Cl3N2O. The van der Waals surface area contributed by atoms with Gasteiger partial charge in [-0.3, -0.25) is 0 Å². The Morgan fingerprint density at radius 1 is 0.852 bits per heavy atom. The van der Waals surface area contributed by atoms with Crippen LogP contribution in [0.3, 0.4) is 0 Å². The van der Waals surface area contributed by atoms with Crippen LogP contribution in [0, 0.1) is 0 Å². The van der Waals surface area contributed by atoms with Crippen molar-refractivity contribution in [3.8, 4) is 5.75 Å². The number of benzene rings is 3. The molecule has 6 heteroatoms. The van der Waals surface area contributed by atoms with E-state index in [2.05, 4.69) is 4.57 Å². The standard InChI is InChI=1S/C21H15Cl3N2O/c22-15-5-3-4-14(10-15)12-26-19-7-2-1-6-18(19)25-21(26)13-27-20-9-8-16(23)11-17(20)24/h1-11H,12-13H2. The molecule has 27 heavy (non-hydrogen) atoms. The van der Waals surface area contributed by atoms with Gasteiger partial charge >= 0.3 is 0 Å². The first-order valence-corrected chi connectivity index (χ1v) is 9.50. The monoisotopic (exact) mass is 416 g/mol. The van der Waals surface area contributed by atoms with Crippen molar-refractivity contribution in [2.75, 3.05) is 0 Å². The van der Waals surface area contributed by atoms with E-state index in [4.69, 9.17) is 44.5 Å². The van der Waals surface area contributed by atoms with Gasteiger partial charge in [0.2, 0.25) is 0 Å². The van der Waals surface area contributed by atoms with E-state index in [0.29, 0.717) is 27.4 Å². The lowest BCUT2D eigenvalue weighted by Crippen LogP contribution is -2.08. The van der Waals surface area contributed by atoms with Crippen molar-refractivity contribution < 1.29 is 4.74 Å². The smallest absolute Gasteiger partial charge is 0.148 e. The average Bonchev–Trinajstić information content (AvgIpc) is 2.99. The molecule has 4 rings (SSSR count). The highest BCUT2D eigenvalue weighted by Crippen LogP contribution is 2.28. The molecule has 0 aliphatic heterocycles. The number of rotatable bonds is 5. The number of fused-ring (bicyclic) bond motifs is 1. The highest BCUT2D eigenvalue weighted by molar-refractivity contribution is 6.35. The predicted octanol–water partition coefficient (Wildman–Crippen LogP) is 6.62. The van der Waals surface area contributed by atoms with Gasteiger partial charge in [0.15, 0.2) is 0 Å². The van der Waals surface area contributed by atoms with E-state index >= 15 is 0 Å². The third-order valence-corrected chi connectivity index (χ3v) is 4.98. The maximum atomic E-state index is 6.21. The van der Waals surface area contributed by atoms with Gasteiger partial charge in [-0.25, -0.2) is 4.98 Å². The van der Waals surface area contributed by atoms with Crippen molar-refractivity contribution >= 4 is 45.8 Å². The molecule has 0 spiro atoms. The van der Waals surface area contributed by atoms with Crippen LogP contribution in [-0.4, -0.2) is 9.55 Å². The van der Waals surface area contributed by atoms with Crippen molar-refractivity contribution in [2.24, 2.45) is 0 Å². The zero-order chi connectivity index (χ0) is 18.8. The van der Waals surface area contributed by atoms with Crippen LogP contribution >= 0.6 is 34.8 Å². The number of hydrogen-bond acceptors (Lipinski definition) is 2. The molecule has 1 heterocycles. The molecule has 0 unspecified atom stereocenters. The zero-order valence-corrected chi connectivity index (χ0v) is 16.5. The molecule has 4 aromatic rings. The lowest BCUT2D eigenvalue weighted by atomic mass is 10.2. The molecule has 0 N–H and O–H groups in total. The quantitative estimate of drug-likeness (QED) is 0.364. The number of hydrogen-bond donors (Lipinski definition) is 0. The Morgan fingerprint density at radius 3 is 2.48 bits per heavy atom. The first-order valence-electron chi connectivity index (χ1n) is 8.36. The Morgan fingerprint density at radius 2 is 1.67 bits per heavy atom. The first-order chi connectivity index (χ1) is 13.1. The van der Waals surface area contributed by atoms with Crippen LogP contribution in [-0.2, 0) is 13.2 Å². The summed E-state index contributed by atoms with van der Waals surface area (Å²) >= 11 is 18.3. The van der Waals surface area contributed by atoms with Gasteiger partial charge in [-0.1, -0.05) is 59.1 Å². The number of imidazole rings is 1. The van der Waals surface area contributed by atoms with Crippen molar-refractivity contribution in [3.05, 3.63) is 93.2 Å². The Hall–Kier alpha value is -2.20. The second-order valence-electron chi connectivity index (χ2n) is 6.10. The SMILES string of the molecule is Clc1cccc(Cn2c(COc3ccc(Cl)cc3Cl)nc3ccccc32)c1. The molecule has 0 saturated heterocycles. The molecule has 3 nitrogen and oxygen atoms in total. The van der Waals surface area contributed by atoms with E-state index in [1.807, 2.05) is 48.5 Å². The maximum Gasteiger partial charge on any atom is 0.148 e. The molecule has 0 bridgehead atoms. The van der Waals surface area contributed by atoms with Crippen molar-refractivity contribution in [1.29, 1.82) is 0 Å². The van der Waals surface area contributed by atoms with E-state index in [1.165, 1.54) is 0 Å². The fourth-order valence-electron chi connectivity index (χ4n) is 2.96. The van der Waals surface area contributed by atoms with Gasteiger partial charge in [-0.15, -0.1) is 0 Å². The number of ether oxygens (including phenoxy) is 1. The van der Waals surface area contributed by atoms with Crippen molar-refractivity contribution in [2.45, 2.75) is 13.2 Å². The lowest BCUT2D eigenvalue weighted by Gasteiger charge is -2.12. The normalized spacial score (nSPS) is 11.1. The van der Waals surface area contributed by atoms with Crippen LogP contribution in [0.4, 0.5) is 0 Å². The lowest BCUT2D eigenvalue weighted by molar-refractivity contribution is 0.291. The fraction of sp³-hybridized carbons (Fsp3) is 0.0952. The van der Waals surface area contributed by atoms with E-state index in [9.17, 15) is 0 Å². The van der Waals surface area contributed by atoms with Crippen LogP contribution in [0.5, 0.6) is 5.75 Å². The number of nitrogens with zero attached hydrogens (tertiary/aromatic N) is 2. The topological polar surface area (TPSA) is 27.1 Å². The fourth-order valence-corrected chi connectivity index (χ4v) is 3.64. The van der Waals surface area contributed by atoms with Gasteiger partial charge in [0.25, 0.3) is 0 Å². The van der Waals surface area contributed by atoms with Crippen LogP contribution in [0.15, 0.2) is 66.7 Å². The van der Waals surface area contributed by atoms with Gasteiger partial charge in [0.1, 0.15) is 18.2 Å². The summed E-state index contributed by atoms with van der Waals surface area (Å²) in [4.78, 5) is 4.73. The average molecular weight is 418 g/mol. The Labute approximate surface area is 172 Å². The van der Waals surface area contributed by atoms with Crippen LogP contribution in [0.1, 0.15) is 11.4 Å². The summed E-state index contributed by atoms with van der Waals surface area (Å²) in [6.45, 7) is 0.935. The maximum absolute atomic E-state index is 6.21. The molecule has 0 radical (unpaired) electrons. The summed E-state index contributed by atoms with van der Waals surface area (Å²) < 4.78 is 8.04. The minimum atomic E-state index is 0.288. The van der Waals surface area contributed by atoms with Gasteiger partial charge < -0.3 is 9.30 Å². The summed E-state index contributed by atoms with van der Waals surface area (Å²) in [6, 6.07) is 21.0. The molecule has 0 amide bonds. The Balaban J connectivity index is 1.67. The molecule has 1 aromatic heterocycles. The van der Waals surface area contributed by atoms with E-state index in [1.54, 1.807) is 18.2 Å². The molecule has 0 aliphatic carbocycles. The van der Waals surface area contributed by atoms with Gasteiger partial charge in [0.05, 0.1) is 16.1 Å². The van der Waals surface area contributed by atoms with Gasteiger partial charge in [-0.05, 0) is 48.0 Å². The molecular weight excluding hydrogens is 403 g/mol. The van der Waals surface area contributed by atoms with Crippen molar-refractivity contribution in [3.63, 3.8) is 0 Å². The largest absolute Gasteiger partial charge is 0.484 e. The second-order valence-corrected chi connectivity index (χ2v) is 7.38. The highest BCUT2D eigenvalue weighted by Gasteiger charge is 2.13. The highest BCUT2D eigenvalue weighted by atomic mass is 35.5. The number of halogens is 3. The second kappa shape index (κ2) is 7.81. The summed E-state index contributed by atoms with van der Waals surface area (Å²) in [6.07, 6.45) is 0. The van der Waals surface area contributed by atoms with Gasteiger partial charge in [-0.2, -0.15) is 0 Å². The minimum absolute atomic E-state index is 0.288. The third kappa shape index (κ3) is 4.06. The zero-order valence-electron chi connectivity index (χ0n) is 14.2. The summed E-state index contributed by atoms with van der Waals surface area (Å²) in [5.74, 6) is 1.38. The third-order valence-electron chi connectivity index (χ3n) is 4.21. The van der Waals surface area contributed by atoms with Crippen LogP contribution < -0.4 is 4.74 Å². The number of para-hydroxylation sites is 2. The molecule has 0 aliphatic rings.